The molecule has 3 heterocycles. The van der Waals surface area contributed by atoms with Crippen LogP contribution in [-0.2, 0) is 23.1 Å². The van der Waals surface area contributed by atoms with Gasteiger partial charge < -0.3 is 9.47 Å². The van der Waals surface area contributed by atoms with Gasteiger partial charge in [-0.1, -0.05) is 11.6 Å². The van der Waals surface area contributed by atoms with Crippen molar-refractivity contribution < 1.29 is 17.9 Å². The second-order valence-corrected chi connectivity index (χ2v) is 7.68. The third-order valence-electron chi connectivity index (χ3n) is 3.89. The van der Waals surface area contributed by atoms with Gasteiger partial charge in [-0.2, -0.15) is 4.31 Å². The topological polar surface area (TPSA) is 68.7 Å². The molecular weight excluding hydrogens is 340 g/mol. The molecule has 0 N–H and O–H groups in total. The molecule has 0 saturated heterocycles. The summed E-state index contributed by atoms with van der Waals surface area (Å²) in [7, 11) is -3.63. The highest BCUT2D eigenvalue weighted by atomic mass is 35.5. The third kappa shape index (κ3) is 2.54. The van der Waals surface area contributed by atoms with Crippen LogP contribution in [0.1, 0.15) is 11.1 Å². The highest BCUT2D eigenvalue weighted by Gasteiger charge is 2.32. The largest absolute Gasteiger partial charge is 0.486 e. The zero-order valence-electron chi connectivity index (χ0n) is 12.0. The number of aromatic nitrogens is 1. The first-order valence-electron chi connectivity index (χ1n) is 7.07. The van der Waals surface area contributed by atoms with Crippen LogP contribution in [0.5, 0.6) is 11.5 Å². The average molecular weight is 353 g/mol. The van der Waals surface area contributed by atoms with Crippen molar-refractivity contribution in [2.24, 2.45) is 0 Å². The number of nitrogens with zero attached hydrogens (tertiary/aromatic N) is 2. The van der Waals surface area contributed by atoms with Gasteiger partial charge in [0.25, 0.3) is 0 Å². The van der Waals surface area contributed by atoms with Gasteiger partial charge >= 0.3 is 0 Å². The monoisotopic (exact) mass is 352 g/mol. The molecular formula is C15H13ClN2O4S. The van der Waals surface area contributed by atoms with E-state index in [2.05, 4.69) is 4.98 Å². The highest BCUT2D eigenvalue weighted by Crippen LogP contribution is 2.35. The molecule has 1 aromatic heterocycles. The maximum absolute atomic E-state index is 12.8. The Bertz CT molecular complexity index is 885. The van der Waals surface area contributed by atoms with Gasteiger partial charge in [0, 0.05) is 25.4 Å². The maximum Gasteiger partial charge on any atom is 0.243 e. The van der Waals surface area contributed by atoms with Crippen LogP contribution >= 0.6 is 11.6 Å². The fraction of sp³-hybridized carbons (Fsp3) is 0.267. The van der Waals surface area contributed by atoms with Gasteiger partial charge in [-0.15, -0.1) is 0 Å². The van der Waals surface area contributed by atoms with E-state index < -0.39 is 10.0 Å². The number of ether oxygens (including phenoxy) is 2. The Morgan fingerprint density at radius 3 is 2.61 bits per heavy atom. The first kappa shape index (κ1) is 14.7. The van der Waals surface area contributed by atoms with E-state index in [-0.39, 0.29) is 18.0 Å². The smallest absolute Gasteiger partial charge is 0.243 e. The van der Waals surface area contributed by atoms with Crippen molar-refractivity contribution in [3.63, 3.8) is 0 Å². The second-order valence-electron chi connectivity index (χ2n) is 5.35. The second kappa shape index (κ2) is 5.36. The quantitative estimate of drug-likeness (QED) is 0.775. The molecule has 23 heavy (non-hydrogen) atoms. The zero-order valence-corrected chi connectivity index (χ0v) is 13.6. The molecule has 120 valence electrons. The number of halogens is 1. The summed E-state index contributed by atoms with van der Waals surface area (Å²) in [5.41, 5.74) is 1.75. The molecule has 0 atom stereocenters. The van der Waals surface area contributed by atoms with Gasteiger partial charge in [0.15, 0.2) is 11.5 Å². The fourth-order valence-corrected chi connectivity index (χ4v) is 4.32. The molecule has 0 aliphatic carbocycles. The minimum Gasteiger partial charge on any atom is -0.486 e. The lowest BCUT2D eigenvalue weighted by molar-refractivity contribution is 0.171. The molecule has 0 amide bonds. The zero-order chi connectivity index (χ0) is 16.0. The molecule has 2 aliphatic rings. The standard InChI is InChI=1S/C15H13ClN2O4S/c16-15-5-10-8-18(9-11(10)7-17-15)23(19,20)12-1-2-13-14(6-12)22-4-3-21-13/h1-2,5-7H,3-4,8-9H2. The molecule has 4 rings (SSSR count). The summed E-state index contributed by atoms with van der Waals surface area (Å²) in [5, 5.41) is 0.363. The van der Waals surface area contributed by atoms with Gasteiger partial charge in [0.2, 0.25) is 10.0 Å². The lowest BCUT2D eigenvalue weighted by Crippen LogP contribution is -2.26. The third-order valence-corrected chi connectivity index (χ3v) is 5.89. The van der Waals surface area contributed by atoms with Gasteiger partial charge in [0.05, 0.1) is 4.90 Å². The van der Waals surface area contributed by atoms with E-state index >= 15 is 0 Å². The van der Waals surface area contributed by atoms with Crippen LogP contribution in [0.15, 0.2) is 35.4 Å². The summed E-state index contributed by atoms with van der Waals surface area (Å²) in [5.74, 6) is 1.02. The molecule has 0 radical (unpaired) electrons. The van der Waals surface area contributed by atoms with E-state index in [1.165, 1.54) is 16.4 Å². The lowest BCUT2D eigenvalue weighted by atomic mass is 10.2. The van der Waals surface area contributed by atoms with Crippen molar-refractivity contribution in [3.8, 4) is 11.5 Å². The lowest BCUT2D eigenvalue weighted by Gasteiger charge is -2.20. The summed E-state index contributed by atoms with van der Waals surface area (Å²) in [6, 6.07) is 6.38. The van der Waals surface area contributed by atoms with Crippen LogP contribution in [0.4, 0.5) is 0 Å². The number of rotatable bonds is 2. The molecule has 0 saturated carbocycles. The number of hydrogen-bond donors (Lipinski definition) is 0. The SMILES string of the molecule is O=S(=O)(c1ccc2c(c1)OCCO2)N1Cc2cnc(Cl)cc2C1. The van der Waals surface area contributed by atoms with Crippen molar-refractivity contribution in [2.45, 2.75) is 18.0 Å². The molecule has 1 aromatic carbocycles. The van der Waals surface area contributed by atoms with E-state index in [9.17, 15) is 8.42 Å². The Labute approximate surface area is 138 Å². The van der Waals surface area contributed by atoms with Crippen molar-refractivity contribution in [1.82, 2.24) is 9.29 Å². The summed E-state index contributed by atoms with van der Waals surface area (Å²) >= 11 is 5.87. The van der Waals surface area contributed by atoms with Crippen LogP contribution in [0.25, 0.3) is 0 Å². The first-order valence-corrected chi connectivity index (χ1v) is 8.89. The maximum atomic E-state index is 12.8. The van der Waals surface area contributed by atoms with E-state index in [1.54, 1.807) is 18.3 Å². The number of sulfonamides is 1. The Balaban J connectivity index is 1.67. The molecule has 6 nitrogen and oxygen atoms in total. The van der Waals surface area contributed by atoms with Crippen molar-refractivity contribution in [2.75, 3.05) is 13.2 Å². The Hall–Kier alpha value is -1.83. The Morgan fingerprint density at radius 2 is 1.78 bits per heavy atom. The van der Waals surface area contributed by atoms with E-state index in [0.29, 0.717) is 29.9 Å². The summed E-state index contributed by atoms with van der Waals surface area (Å²) in [4.78, 5) is 4.19. The van der Waals surface area contributed by atoms with Gasteiger partial charge in [-0.3, -0.25) is 0 Å². The van der Waals surface area contributed by atoms with Crippen molar-refractivity contribution in [3.05, 3.63) is 46.7 Å². The summed E-state index contributed by atoms with van der Waals surface area (Å²) < 4.78 is 38.0. The number of pyridine rings is 1. The van der Waals surface area contributed by atoms with Crippen LogP contribution in [-0.4, -0.2) is 30.9 Å². The van der Waals surface area contributed by atoms with Crippen LogP contribution in [0.2, 0.25) is 5.15 Å². The predicted octanol–water partition coefficient (Wildman–Crippen LogP) is 2.21. The minimum atomic E-state index is -3.63. The number of hydrogen-bond acceptors (Lipinski definition) is 5. The number of benzene rings is 1. The Morgan fingerprint density at radius 1 is 1.04 bits per heavy atom. The normalized spacial score (nSPS) is 17.1. The van der Waals surface area contributed by atoms with Crippen LogP contribution in [0, 0.1) is 0 Å². The first-order chi connectivity index (χ1) is 11.0. The molecule has 0 fully saturated rings. The van der Waals surface area contributed by atoms with Crippen LogP contribution < -0.4 is 9.47 Å². The van der Waals surface area contributed by atoms with E-state index in [1.807, 2.05) is 0 Å². The average Bonchev–Trinajstić information content (AvgIpc) is 2.98. The fourth-order valence-electron chi connectivity index (χ4n) is 2.72. The number of fused-ring (bicyclic) bond motifs is 2. The van der Waals surface area contributed by atoms with Crippen molar-refractivity contribution in [1.29, 1.82) is 0 Å². The van der Waals surface area contributed by atoms with E-state index in [0.717, 1.165) is 11.1 Å². The summed E-state index contributed by atoms with van der Waals surface area (Å²) in [6.45, 7) is 1.45. The summed E-state index contributed by atoms with van der Waals surface area (Å²) in [6.07, 6.45) is 1.62. The molecule has 2 aliphatic heterocycles. The molecule has 0 spiro atoms. The molecule has 2 aromatic rings. The van der Waals surface area contributed by atoms with Gasteiger partial charge in [-0.25, -0.2) is 13.4 Å². The minimum absolute atomic E-state index is 0.189. The molecule has 8 heteroatoms. The van der Waals surface area contributed by atoms with Gasteiger partial charge in [-0.05, 0) is 29.3 Å². The van der Waals surface area contributed by atoms with E-state index in [4.69, 9.17) is 21.1 Å². The van der Waals surface area contributed by atoms with Crippen LogP contribution in [0.3, 0.4) is 0 Å². The predicted molar refractivity (Wildman–Crippen MR) is 83.1 cm³/mol. The van der Waals surface area contributed by atoms with Gasteiger partial charge in [0.1, 0.15) is 18.4 Å². The highest BCUT2D eigenvalue weighted by molar-refractivity contribution is 7.89. The molecule has 0 unspecified atom stereocenters. The molecule has 0 bridgehead atoms. The van der Waals surface area contributed by atoms with Crippen molar-refractivity contribution >= 4 is 21.6 Å². The Kier molecular flexibility index (Phi) is 3.44.